The van der Waals surface area contributed by atoms with Crippen LogP contribution in [0.2, 0.25) is 0 Å². The Hall–Kier alpha value is -1.60. The Labute approximate surface area is 103 Å². The molecule has 2 rings (SSSR count). The van der Waals surface area contributed by atoms with E-state index in [2.05, 4.69) is 4.74 Å². The summed E-state index contributed by atoms with van der Waals surface area (Å²) < 4.78 is 40.4. The van der Waals surface area contributed by atoms with E-state index in [1.807, 2.05) is 0 Å². The van der Waals surface area contributed by atoms with Crippen LogP contribution in [0.15, 0.2) is 24.3 Å². The topological polar surface area (TPSA) is 46.5 Å². The number of thiophene rings is 1. The number of alkyl halides is 3. The smallest absolute Gasteiger partial charge is 0.477 e. The molecule has 1 aromatic heterocycles. The highest BCUT2D eigenvalue weighted by Crippen LogP contribution is 2.33. The van der Waals surface area contributed by atoms with Gasteiger partial charge in [-0.25, -0.2) is 4.79 Å². The summed E-state index contributed by atoms with van der Waals surface area (Å²) in [6, 6.07) is 6.56. The number of carboxylic acid groups (broad SMARTS) is 1. The third kappa shape index (κ3) is 2.62. The van der Waals surface area contributed by atoms with E-state index >= 15 is 0 Å². The van der Waals surface area contributed by atoms with Crippen molar-refractivity contribution in [2.24, 2.45) is 0 Å². The van der Waals surface area contributed by atoms with E-state index in [9.17, 15) is 18.0 Å². The monoisotopic (exact) mass is 276 g/mol. The standard InChI is InChI=1S/C11H7F3O3S/c12-11(13,14)17-5-7-6-3-1-2-4-8(6)18-9(7)10(15)16/h1-4H,5H2,(H,15,16). The van der Waals surface area contributed by atoms with Crippen molar-refractivity contribution in [3.05, 3.63) is 34.7 Å². The van der Waals surface area contributed by atoms with Gasteiger partial charge in [0.2, 0.25) is 0 Å². The van der Waals surface area contributed by atoms with Gasteiger partial charge in [-0.2, -0.15) is 0 Å². The highest BCUT2D eigenvalue weighted by atomic mass is 32.1. The first-order valence-corrected chi connectivity index (χ1v) is 5.64. The molecule has 0 aliphatic carbocycles. The Morgan fingerprint density at radius 1 is 1.33 bits per heavy atom. The van der Waals surface area contributed by atoms with Crippen molar-refractivity contribution >= 4 is 27.4 Å². The zero-order valence-electron chi connectivity index (χ0n) is 8.82. The van der Waals surface area contributed by atoms with Gasteiger partial charge < -0.3 is 5.11 Å². The summed E-state index contributed by atoms with van der Waals surface area (Å²) in [5.41, 5.74) is 0.0559. The van der Waals surface area contributed by atoms with E-state index in [1.165, 1.54) is 0 Å². The van der Waals surface area contributed by atoms with Gasteiger partial charge in [0.1, 0.15) is 4.88 Å². The number of carboxylic acids is 1. The molecule has 0 saturated heterocycles. The van der Waals surface area contributed by atoms with Crippen molar-refractivity contribution < 1.29 is 27.8 Å². The number of hydrogen-bond donors (Lipinski definition) is 1. The second-order valence-electron chi connectivity index (χ2n) is 3.45. The normalized spacial score (nSPS) is 11.9. The molecule has 7 heteroatoms. The van der Waals surface area contributed by atoms with E-state index in [1.54, 1.807) is 24.3 Å². The average Bonchev–Trinajstić information content (AvgIpc) is 2.64. The van der Waals surface area contributed by atoms with Crippen molar-refractivity contribution in [2.75, 3.05) is 0 Å². The lowest BCUT2D eigenvalue weighted by Gasteiger charge is -2.07. The molecular weight excluding hydrogens is 269 g/mol. The fourth-order valence-corrected chi connectivity index (χ4v) is 2.62. The molecule has 0 aliphatic rings. The predicted molar refractivity (Wildman–Crippen MR) is 59.6 cm³/mol. The number of hydrogen-bond acceptors (Lipinski definition) is 3. The molecule has 3 nitrogen and oxygen atoms in total. The maximum absolute atomic E-state index is 12.0. The quantitative estimate of drug-likeness (QED) is 0.931. The third-order valence-corrected chi connectivity index (χ3v) is 3.47. The average molecular weight is 276 g/mol. The Kier molecular flexibility index (Phi) is 3.27. The highest BCUT2D eigenvalue weighted by molar-refractivity contribution is 7.21. The number of aromatic carboxylic acids is 1. The molecule has 1 N–H and O–H groups in total. The minimum atomic E-state index is -4.78. The summed E-state index contributed by atoms with van der Waals surface area (Å²) in [6.45, 7) is -0.796. The second-order valence-corrected chi connectivity index (χ2v) is 4.50. The Morgan fingerprint density at radius 2 is 2.00 bits per heavy atom. The molecule has 0 amide bonds. The molecule has 0 radical (unpaired) electrons. The van der Waals surface area contributed by atoms with E-state index < -0.39 is 18.9 Å². The van der Waals surface area contributed by atoms with Gasteiger partial charge in [-0.15, -0.1) is 24.5 Å². The molecule has 0 fully saturated rings. The summed E-state index contributed by atoms with van der Waals surface area (Å²) in [4.78, 5) is 10.9. The van der Waals surface area contributed by atoms with Crippen LogP contribution < -0.4 is 0 Å². The SMILES string of the molecule is O=C(O)c1sc2ccccc2c1COC(F)(F)F. The third-order valence-electron chi connectivity index (χ3n) is 2.27. The molecule has 0 unspecified atom stereocenters. The summed E-state index contributed by atoms with van der Waals surface area (Å²) >= 11 is 0.936. The first-order valence-electron chi connectivity index (χ1n) is 4.83. The van der Waals surface area contributed by atoms with Crippen LogP contribution in [0.5, 0.6) is 0 Å². The lowest BCUT2D eigenvalue weighted by atomic mass is 10.1. The summed E-state index contributed by atoms with van der Waals surface area (Å²) in [6.07, 6.45) is -4.78. The Morgan fingerprint density at radius 3 is 2.61 bits per heavy atom. The van der Waals surface area contributed by atoms with Crippen LogP contribution in [0.1, 0.15) is 15.2 Å². The van der Waals surface area contributed by atoms with Crippen molar-refractivity contribution in [2.45, 2.75) is 13.0 Å². The maximum atomic E-state index is 12.0. The fourth-order valence-electron chi connectivity index (χ4n) is 1.57. The minimum Gasteiger partial charge on any atom is -0.477 e. The van der Waals surface area contributed by atoms with Gasteiger partial charge >= 0.3 is 12.3 Å². The minimum absolute atomic E-state index is 0.0559. The molecule has 2 aromatic rings. The molecule has 0 saturated carbocycles. The molecule has 0 aliphatic heterocycles. The Bertz CT molecular complexity index is 589. The largest absolute Gasteiger partial charge is 0.522 e. The van der Waals surface area contributed by atoms with Gasteiger partial charge in [0.15, 0.2) is 0 Å². The van der Waals surface area contributed by atoms with Crippen molar-refractivity contribution in [1.29, 1.82) is 0 Å². The molecule has 18 heavy (non-hydrogen) atoms. The highest BCUT2D eigenvalue weighted by Gasteiger charge is 2.30. The maximum Gasteiger partial charge on any atom is 0.522 e. The second kappa shape index (κ2) is 4.58. The van der Waals surface area contributed by atoms with Crippen LogP contribution in [0, 0.1) is 0 Å². The first kappa shape index (κ1) is 12.8. The fraction of sp³-hybridized carbons (Fsp3) is 0.182. The number of carbonyl (C=O) groups is 1. The lowest BCUT2D eigenvalue weighted by Crippen LogP contribution is -2.13. The molecular formula is C11H7F3O3S. The van der Waals surface area contributed by atoms with E-state index in [4.69, 9.17) is 5.11 Å². The number of halogens is 3. The van der Waals surface area contributed by atoms with E-state index in [-0.39, 0.29) is 10.4 Å². The van der Waals surface area contributed by atoms with Crippen LogP contribution in [-0.2, 0) is 11.3 Å². The van der Waals surface area contributed by atoms with Crippen molar-refractivity contribution in [3.63, 3.8) is 0 Å². The van der Waals surface area contributed by atoms with Gasteiger partial charge in [-0.1, -0.05) is 18.2 Å². The molecule has 1 heterocycles. The van der Waals surface area contributed by atoms with Crippen LogP contribution in [0.3, 0.4) is 0 Å². The summed E-state index contributed by atoms with van der Waals surface area (Å²) in [7, 11) is 0. The zero-order valence-corrected chi connectivity index (χ0v) is 9.64. The van der Waals surface area contributed by atoms with Crippen LogP contribution in [-0.4, -0.2) is 17.4 Å². The van der Waals surface area contributed by atoms with Gasteiger partial charge in [-0.3, -0.25) is 4.74 Å². The van der Waals surface area contributed by atoms with Crippen LogP contribution >= 0.6 is 11.3 Å². The van der Waals surface area contributed by atoms with E-state index in [0.717, 1.165) is 11.3 Å². The number of fused-ring (bicyclic) bond motifs is 1. The van der Waals surface area contributed by atoms with Gasteiger partial charge in [0, 0.05) is 10.3 Å². The van der Waals surface area contributed by atoms with Gasteiger partial charge in [0.25, 0.3) is 0 Å². The molecule has 96 valence electrons. The number of benzene rings is 1. The molecule has 0 spiro atoms. The van der Waals surface area contributed by atoms with Crippen molar-refractivity contribution in [3.8, 4) is 0 Å². The lowest BCUT2D eigenvalue weighted by molar-refractivity contribution is -0.330. The summed E-state index contributed by atoms with van der Waals surface area (Å²) in [5.74, 6) is -1.25. The number of ether oxygens (including phenoxy) is 1. The zero-order chi connectivity index (χ0) is 13.3. The predicted octanol–water partition coefficient (Wildman–Crippen LogP) is 3.64. The molecule has 0 bridgehead atoms. The number of rotatable bonds is 3. The van der Waals surface area contributed by atoms with Crippen LogP contribution in [0.25, 0.3) is 10.1 Å². The van der Waals surface area contributed by atoms with Crippen molar-refractivity contribution in [1.82, 2.24) is 0 Å². The Balaban J connectivity index is 2.45. The van der Waals surface area contributed by atoms with Crippen LogP contribution in [0.4, 0.5) is 13.2 Å². The van der Waals surface area contributed by atoms with Gasteiger partial charge in [0.05, 0.1) is 6.61 Å². The van der Waals surface area contributed by atoms with E-state index in [0.29, 0.717) is 10.1 Å². The molecule has 0 atom stereocenters. The van der Waals surface area contributed by atoms with Gasteiger partial charge in [-0.05, 0) is 11.5 Å². The molecule has 1 aromatic carbocycles. The summed E-state index contributed by atoms with van der Waals surface area (Å²) in [5, 5.41) is 9.45. The first-order chi connectivity index (χ1) is 8.38.